The van der Waals surface area contributed by atoms with Crippen LogP contribution < -0.4 is 109 Å². The molecule has 1 unspecified atom stereocenters. The van der Waals surface area contributed by atoms with Crippen LogP contribution in [-0.2, 0) is 95.8 Å². The molecular weight excluding hydrogens is 1560 g/mol. The predicted octanol–water partition coefficient (Wildman–Crippen LogP) is -13.1. The second-order valence-corrected chi connectivity index (χ2v) is 30.0. The van der Waals surface area contributed by atoms with Crippen molar-refractivity contribution in [3.8, 4) is 0 Å². The zero-order valence-electron chi connectivity index (χ0n) is 66.3. The Morgan fingerprint density at radius 3 is 1.46 bits per heavy atom. The van der Waals surface area contributed by atoms with E-state index in [9.17, 15) is 117 Å². The molecule has 2 saturated heterocycles. The SMILES string of the molecule is CC(=O)N[C@@H]1[C@@H](O)[C@H](O)[C@@H](CO)O[C@H]1NC(=O)CN1C(=O)CC(SC[C@H](NC(=O)[C@H](CO)NC(=O)[C@H](CC(C)C)NC(=O)[C@H](CCCN=C(N)N)NC(=O)[C@H](C)NC(=O)[C@@H](NC(C)=O)C(C)C)C(=O)N[C@@H](CCCCN)C(=O)N[C@@H](CO)C(=O)N[C@H](C(=O)N[C@@H](CC(N)=O)C(=O)N[C@@H](C)C(=O)N[C@@H](CCC(N)=O)C(N)=O)C(C)C)C1=O. The third-order valence-corrected chi connectivity index (χ3v) is 19.1. The molecule has 0 aromatic heterocycles. The lowest BCUT2D eigenvalue weighted by Gasteiger charge is -2.42. The zero-order chi connectivity index (χ0) is 88.3. The Labute approximate surface area is 672 Å². The minimum Gasteiger partial charge on any atom is -0.394 e. The number of imide groups is 1. The maximum atomic E-state index is 14.9. The van der Waals surface area contributed by atoms with Crippen molar-refractivity contribution in [1.29, 1.82) is 0 Å². The molecule has 2 fully saturated rings. The first-order valence-electron chi connectivity index (χ1n) is 37.3. The van der Waals surface area contributed by atoms with Gasteiger partial charge in [0.05, 0.1) is 31.5 Å². The van der Waals surface area contributed by atoms with Gasteiger partial charge in [-0.15, -0.1) is 11.8 Å². The van der Waals surface area contributed by atoms with Crippen molar-refractivity contribution in [2.24, 2.45) is 57.1 Å². The first kappa shape index (κ1) is 102. The average molecular weight is 1670 g/mol. The smallest absolute Gasteiger partial charge is 0.245 e. The number of nitrogens with one attached hydrogen (secondary N) is 14. The van der Waals surface area contributed by atoms with Crippen molar-refractivity contribution >= 4 is 130 Å². The van der Waals surface area contributed by atoms with Crippen LogP contribution in [0.3, 0.4) is 0 Å². The number of guanidine groups is 1. The van der Waals surface area contributed by atoms with Crippen molar-refractivity contribution in [3.63, 3.8) is 0 Å². The maximum absolute atomic E-state index is 14.9. The third kappa shape index (κ3) is 34.5. The average Bonchev–Trinajstić information content (AvgIpc) is 1.45. The number of hydrogen-bond acceptors (Lipinski definition) is 28. The Morgan fingerprint density at radius 2 is 0.966 bits per heavy atom. The van der Waals surface area contributed by atoms with Crippen molar-refractivity contribution < 1.29 is 121 Å². The number of likely N-dealkylation sites (tertiary alicyclic amines) is 1. The first-order valence-corrected chi connectivity index (χ1v) is 38.4. The summed E-state index contributed by atoms with van der Waals surface area (Å²) in [6.07, 6.45) is -9.30. The topological polar surface area (TPSA) is 775 Å². The van der Waals surface area contributed by atoms with Gasteiger partial charge in [0.25, 0.3) is 0 Å². The highest BCUT2D eigenvalue weighted by atomic mass is 32.2. The third-order valence-electron chi connectivity index (χ3n) is 17.8. The summed E-state index contributed by atoms with van der Waals surface area (Å²) in [5, 5.41) is 84.1. The van der Waals surface area contributed by atoms with Gasteiger partial charge in [-0.05, 0) is 83.1 Å². The Hall–Kier alpha value is -10.5. The van der Waals surface area contributed by atoms with Gasteiger partial charge in [0.15, 0.2) is 12.2 Å². The number of carbonyl (C=O) groups excluding carboxylic acids is 19. The van der Waals surface area contributed by atoms with Gasteiger partial charge >= 0.3 is 0 Å². The number of nitrogens with two attached hydrogens (primary N) is 6. The normalized spacial score (nSPS) is 19.6. The Kier molecular flexibility index (Phi) is 43.8. The maximum Gasteiger partial charge on any atom is 0.245 e. The van der Waals surface area contributed by atoms with Crippen LogP contribution in [0.5, 0.6) is 0 Å². The highest BCUT2D eigenvalue weighted by molar-refractivity contribution is 8.00. The molecule has 2 aliphatic rings. The molecule has 18 atom stereocenters. The molecule has 2 aliphatic heterocycles. The van der Waals surface area contributed by atoms with E-state index < -0.39 is 283 Å². The molecule has 0 spiro atoms. The van der Waals surface area contributed by atoms with Crippen LogP contribution in [-0.4, -0.2) is 302 Å². The quantitative estimate of drug-likeness (QED) is 0.0116. The van der Waals surface area contributed by atoms with Crippen LogP contribution in [0.15, 0.2) is 4.99 Å². The van der Waals surface area contributed by atoms with E-state index in [4.69, 9.17) is 39.1 Å². The summed E-state index contributed by atoms with van der Waals surface area (Å²) in [4.78, 5) is 259. The number of unbranched alkanes of at least 4 members (excludes halogenated alkanes) is 1. The van der Waals surface area contributed by atoms with E-state index in [0.29, 0.717) is 16.7 Å². The van der Waals surface area contributed by atoms with Gasteiger partial charge in [-0.3, -0.25) is 101 Å². The number of aliphatic hydroxyl groups is 5. The van der Waals surface area contributed by atoms with Crippen LogP contribution in [0, 0.1) is 17.8 Å². The van der Waals surface area contributed by atoms with Gasteiger partial charge in [-0.25, -0.2) is 0 Å². The fraction of sp³-hybridized carbons (Fsp3) is 0.706. The predicted molar refractivity (Wildman–Crippen MR) is 409 cm³/mol. The van der Waals surface area contributed by atoms with Gasteiger partial charge in [0.1, 0.15) is 103 Å². The van der Waals surface area contributed by atoms with Crippen LogP contribution in [0.1, 0.15) is 133 Å². The highest BCUT2D eigenvalue weighted by Crippen LogP contribution is 2.27. The first-order chi connectivity index (χ1) is 54.2. The van der Waals surface area contributed by atoms with E-state index in [2.05, 4.69) is 79.4 Å². The summed E-state index contributed by atoms with van der Waals surface area (Å²) in [5.41, 5.74) is 32.7. The number of carbonyl (C=O) groups is 19. The second kappa shape index (κ2) is 50.1. The van der Waals surface area contributed by atoms with E-state index in [0.717, 1.165) is 13.8 Å². The van der Waals surface area contributed by atoms with E-state index in [1.54, 1.807) is 27.7 Å². The summed E-state index contributed by atoms with van der Waals surface area (Å²) in [5.74, 6) is -22.3. The molecule has 2 rings (SSSR count). The molecule has 0 bridgehead atoms. The number of hydrogen-bond donors (Lipinski definition) is 25. The summed E-state index contributed by atoms with van der Waals surface area (Å²) in [6.45, 7) is 9.76. The number of amides is 19. The second-order valence-electron chi connectivity index (χ2n) is 28.8. The number of aliphatic hydroxyl groups excluding tert-OH is 5. The molecule has 0 radical (unpaired) electrons. The summed E-state index contributed by atoms with van der Waals surface area (Å²) >= 11 is 0.543. The molecule has 654 valence electrons. The summed E-state index contributed by atoms with van der Waals surface area (Å²) in [6, 6.07) is -21.1. The number of ether oxygens (including phenoxy) is 1. The number of thioether (sulfide) groups is 1. The van der Waals surface area contributed by atoms with Gasteiger partial charge in [-0.1, -0.05) is 41.5 Å². The van der Waals surface area contributed by atoms with Crippen molar-refractivity contribution in [1.82, 2.24) is 79.3 Å². The van der Waals surface area contributed by atoms with Crippen LogP contribution in [0.2, 0.25) is 0 Å². The fourth-order valence-corrected chi connectivity index (χ4v) is 12.6. The van der Waals surface area contributed by atoms with Gasteiger partial charge in [-0.2, -0.15) is 0 Å². The molecule has 0 aromatic rings. The summed E-state index contributed by atoms with van der Waals surface area (Å²) in [7, 11) is 0. The van der Waals surface area contributed by atoms with Gasteiger partial charge in [0, 0.05) is 39.0 Å². The molecular formula is C68H116N22O25S. The number of nitrogens with zero attached hydrogens (tertiary/aromatic N) is 2. The minimum atomic E-state index is -2.02. The lowest BCUT2D eigenvalue weighted by atomic mass is 9.96. The Bertz CT molecular complexity index is 3520. The van der Waals surface area contributed by atoms with Gasteiger partial charge in [0.2, 0.25) is 112 Å². The molecule has 47 nitrogen and oxygen atoms in total. The van der Waals surface area contributed by atoms with E-state index in [-0.39, 0.29) is 70.4 Å². The van der Waals surface area contributed by atoms with Gasteiger partial charge < -0.3 is 139 Å². The monoisotopic (exact) mass is 1670 g/mol. The van der Waals surface area contributed by atoms with Crippen LogP contribution in [0.25, 0.3) is 0 Å². The molecule has 2 heterocycles. The fourth-order valence-electron chi connectivity index (χ4n) is 11.4. The molecule has 116 heavy (non-hydrogen) atoms. The lowest BCUT2D eigenvalue weighted by Crippen LogP contribution is -2.68. The van der Waals surface area contributed by atoms with E-state index in [1.165, 1.54) is 27.7 Å². The number of primary amides is 3. The molecule has 0 aromatic carbocycles. The Balaban J connectivity index is 2.66. The largest absolute Gasteiger partial charge is 0.394 e. The number of aliphatic imine (C=N–C) groups is 1. The van der Waals surface area contributed by atoms with Crippen molar-refractivity contribution in [2.45, 2.75) is 242 Å². The molecule has 19 amide bonds. The lowest BCUT2D eigenvalue weighted by molar-refractivity contribution is -0.203. The molecule has 0 saturated carbocycles. The standard InChI is InChI=1S/C68H116N22O25S/c1-28(2)20-38(83-57(105)37(15-13-19-75-68(73)74)81-56(104)32(8)77-64(112)49(29(3)4)78-33(9)94)60(108)86-40(24-91)61(109)87-42(27-116-44-22-48(99)90(67(44)114)23-47(98)88-66-51(79-34(10)95)53(101)52(100)43(26-93)115-66)63(111)82-36(14-11-12-18-69)58(106)85-41(25-92)62(110)89-50(30(5)6)65(113)84-39(21-46(71)97)59(107)76-31(7)55(103)80-35(54(72)102)16-17-45(70)96/h28-32,35-44,49-53,66,91-93,100-101H,11-27,69H2,1-10H3,(H2,70,96)(H2,71,97)(H2,72,102)(H,76,107)(H,77,112)(H,78,94)(H,79,95)(H,80,103)(H,81,104)(H,82,111)(H,83,105)(H,84,113)(H,85,106)(H,86,108)(H,87,109)(H,88,98)(H,89,110)(H4,73,74,75)/t31-,32-,35-,36-,37-,38-,39-,40-,41-,42-,43+,44?,49-,50-,51+,52+,53+,66+/m0/s1. The van der Waals surface area contributed by atoms with E-state index >= 15 is 0 Å². The Morgan fingerprint density at radius 1 is 0.509 bits per heavy atom. The molecule has 48 heteroatoms. The highest BCUT2D eigenvalue weighted by Gasteiger charge is 2.47. The molecule has 31 N–H and O–H groups in total. The van der Waals surface area contributed by atoms with Crippen LogP contribution in [0.4, 0.5) is 0 Å². The zero-order valence-corrected chi connectivity index (χ0v) is 67.1. The van der Waals surface area contributed by atoms with Crippen molar-refractivity contribution in [2.75, 3.05) is 45.2 Å². The number of rotatable bonds is 51. The summed E-state index contributed by atoms with van der Waals surface area (Å²) < 4.78 is 5.53. The van der Waals surface area contributed by atoms with E-state index in [1.807, 2.05) is 0 Å². The van der Waals surface area contributed by atoms with Crippen molar-refractivity contribution in [3.05, 3.63) is 0 Å². The molecule has 0 aliphatic carbocycles. The van der Waals surface area contributed by atoms with Crippen LogP contribution >= 0.6 is 11.8 Å². The minimum absolute atomic E-state index is 0.0253.